The lowest BCUT2D eigenvalue weighted by atomic mass is 10.1. The Balaban J connectivity index is 1.48. The van der Waals surface area contributed by atoms with Gasteiger partial charge in [0.2, 0.25) is 5.91 Å². The van der Waals surface area contributed by atoms with Gasteiger partial charge in [-0.3, -0.25) is 9.59 Å². The fraction of sp³-hybridized carbons (Fsp3) is 0.182. The van der Waals surface area contributed by atoms with Crippen molar-refractivity contribution in [1.82, 2.24) is 0 Å². The molecule has 0 bridgehead atoms. The predicted octanol–water partition coefficient (Wildman–Crippen LogP) is 3.67. The third-order valence-electron chi connectivity index (χ3n) is 4.74. The molecule has 0 saturated heterocycles. The number of carbonyl (C=O) groups is 2. The summed E-state index contributed by atoms with van der Waals surface area (Å²) in [6.45, 7) is 0.593. The molecule has 0 radical (unpaired) electrons. The highest BCUT2D eigenvalue weighted by Gasteiger charge is 2.27. The number of furan rings is 1. The number of carbonyl (C=O) groups excluding carboxylic acids is 2. The Morgan fingerprint density at radius 3 is 2.82 bits per heavy atom. The third kappa shape index (κ3) is 3.62. The maximum absolute atomic E-state index is 12.6. The molecule has 0 saturated carbocycles. The van der Waals surface area contributed by atoms with Crippen LogP contribution in [0.2, 0.25) is 0 Å². The molecule has 2 heterocycles. The summed E-state index contributed by atoms with van der Waals surface area (Å²) in [4.78, 5) is 26.8. The lowest BCUT2D eigenvalue weighted by Gasteiger charge is -2.17. The first-order chi connectivity index (χ1) is 13.6. The Labute approximate surface area is 162 Å². The Kier molecular flexibility index (Phi) is 4.85. The highest BCUT2D eigenvalue weighted by Crippen LogP contribution is 2.32. The topological polar surface area (TPSA) is 71.8 Å². The number of anilines is 2. The average Bonchev–Trinajstić information content (AvgIpc) is 3.37. The second-order valence-corrected chi connectivity index (χ2v) is 6.60. The number of rotatable bonds is 5. The van der Waals surface area contributed by atoms with Crippen LogP contribution in [-0.4, -0.2) is 25.5 Å². The number of ether oxygens (including phenoxy) is 1. The SMILES string of the molecule is COc1cccc(CC(=O)Nc2ccc3c(c2)N(C(=O)c2ccco2)CC3)c1. The van der Waals surface area contributed by atoms with Crippen molar-refractivity contribution < 1.29 is 18.7 Å². The average molecular weight is 376 g/mol. The largest absolute Gasteiger partial charge is 0.497 e. The van der Waals surface area contributed by atoms with Gasteiger partial charge in [0.25, 0.3) is 5.91 Å². The molecule has 2 amide bonds. The van der Waals surface area contributed by atoms with Crippen molar-refractivity contribution >= 4 is 23.2 Å². The van der Waals surface area contributed by atoms with Crippen molar-refractivity contribution in [2.45, 2.75) is 12.8 Å². The molecule has 1 aliphatic heterocycles. The molecule has 0 fully saturated rings. The monoisotopic (exact) mass is 376 g/mol. The second kappa shape index (κ2) is 7.60. The van der Waals surface area contributed by atoms with E-state index in [0.29, 0.717) is 18.0 Å². The van der Waals surface area contributed by atoms with Gasteiger partial charge in [-0.2, -0.15) is 0 Å². The van der Waals surface area contributed by atoms with Crippen LogP contribution in [0.3, 0.4) is 0 Å². The molecule has 1 aliphatic rings. The molecule has 142 valence electrons. The van der Waals surface area contributed by atoms with Gasteiger partial charge in [-0.1, -0.05) is 18.2 Å². The van der Waals surface area contributed by atoms with Crippen LogP contribution in [0.15, 0.2) is 65.3 Å². The number of benzene rings is 2. The fourth-order valence-electron chi connectivity index (χ4n) is 3.37. The van der Waals surface area contributed by atoms with Crippen LogP contribution in [0, 0.1) is 0 Å². The number of hydrogen-bond acceptors (Lipinski definition) is 4. The smallest absolute Gasteiger partial charge is 0.293 e. The minimum Gasteiger partial charge on any atom is -0.497 e. The maximum Gasteiger partial charge on any atom is 0.293 e. The van der Waals surface area contributed by atoms with Gasteiger partial charge in [-0.05, 0) is 53.9 Å². The molecule has 4 rings (SSSR count). The highest BCUT2D eigenvalue weighted by molar-refractivity contribution is 6.06. The van der Waals surface area contributed by atoms with Crippen molar-refractivity contribution in [3.63, 3.8) is 0 Å². The first kappa shape index (κ1) is 17.9. The molecular weight excluding hydrogens is 356 g/mol. The number of nitrogens with zero attached hydrogens (tertiary/aromatic N) is 1. The Hall–Kier alpha value is -3.54. The van der Waals surface area contributed by atoms with Gasteiger partial charge in [-0.25, -0.2) is 0 Å². The van der Waals surface area contributed by atoms with E-state index in [-0.39, 0.29) is 18.2 Å². The zero-order valence-electron chi connectivity index (χ0n) is 15.5. The first-order valence-corrected chi connectivity index (χ1v) is 9.05. The van der Waals surface area contributed by atoms with Crippen LogP contribution in [0.25, 0.3) is 0 Å². The molecule has 6 nitrogen and oxygen atoms in total. The molecule has 1 aromatic heterocycles. The van der Waals surface area contributed by atoms with Crippen LogP contribution < -0.4 is 15.0 Å². The third-order valence-corrected chi connectivity index (χ3v) is 4.74. The van der Waals surface area contributed by atoms with Crippen LogP contribution >= 0.6 is 0 Å². The quantitative estimate of drug-likeness (QED) is 0.737. The van der Waals surface area contributed by atoms with Crippen molar-refractivity contribution in [3.8, 4) is 5.75 Å². The summed E-state index contributed by atoms with van der Waals surface area (Å²) in [5.74, 6) is 0.717. The fourth-order valence-corrected chi connectivity index (χ4v) is 3.37. The minimum absolute atomic E-state index is 0.130. The van der Waals surface area contributed by atoms with E-state index >= 15 is 0 Å². The molecule has 6 heteroatoms. The number of methoxy groups -OCH3 is 1. The molecule has 0 aliphatic carbocycles. The lowest BCUT2D eigenvalue weighted by molar-refractivity contribution is -0.115. The molecule has 2 aromatic carbocycles. The van der Waals surface area contributed by atoms with Gasteiger partial charge in [-0.15, -0.1) is 0 Å². The standard InChI is InChI=1S/C22H20N2O4/c1-27-18-5-2-4-15(12-18)13-21(25)23-17-8-7-16-9-10-24(19(16)14-17)22(26)20-6-3-11-28-20/h2-8,11-12,14H,9-10,13H2,1H3,(H,23,25). The van der Waals surface area contributed by atoms with Crippen molar-refractivity contribution in [3.05, 3.63) is 77.7 Å². The Bertz CT molecular complexity index is 1010. The highest BCUT2D eigenvalue weighted by atomic mass is 16.5. The number of amides is 2. The number of nitrogens with one attached hydrogen (secondary N) is 1. The van der Waals surface area contributed by atoms with E-state index in [0.717, 1.165) is 29.0 Å². The normalized spacial score (nSPS) is 12.5. The molecule has 0 unspecified atom stereocenters. The first-order valence-electron chi connectivity index (χ1n) is 9.05. The van der Waals surface area contributed by atoms with Gasteiger partial charge in [0, 0.05) is 17.9 Å². The molecule has 0 atom stereocenters. The second-order valence-electron chi connectivity index (χ2n) is 6.60. The van der Waals surface area contributed by atoms with Gasteiger partial charge >= 0.3 is 0 Å². The molecule has 3 aromatic rings. The Morgan fingerprint density at radius 1 is 1.14 bits per heavy atom. The van der Waals surface area contributed by atoms with Gasteiger partial charge < -0.3 is 19.4 Å². The Morgan fingerprint density at radius 2 is 2.04 bits per heavy atom. The summed E-state index contributed by atoms with van der Waals surface area (Å²) in [5, 5.41) is 2.91. The van der Waals surface area contributed by atoms with Gasteiger partial charge in [0.05, 0.1) is 19.8 Å². The minimum atomic E-state index is -0.177. The van der Waals surface area contributed by atoms with Crippen molar-refractivity contribution in [2.75, 3.05) is 23.9 Å². The summed E-state index contributed by atoms with van der Waals surface area (Å²) >= 11 is 0. The summed E-state index contributed by atoms with van der Waals surface area (Å²) < 4.78 is 10.4. The van der Waals surface area contributed by atoms with Crippen LogP contribution in [0.5, 0.6) is 5.75 Å². The van der Waals surface area contributed by atoms with E-state index in [1.807, 2.05) is 42.5 Å². The molecule has 1 N–H and O–H groups in total. The maximum atomic E-state index is 12.6. The van der Waals surface area contributed by atoms with Gasteiger partial charge in [0.15, 0.2) is 5.76 Å². The lowest BCUT2D eigenvalue weighted by Crippen LogP contribution is -2.28. The summed E-state index contributed by atoms with van der Waals surface area (Å²) in [5.41, 5.74) is 3.41. The van der Waals surface area contributed by atoms with Crippen molar-refractivity contribution in [2.24, 2.45) is 0 Å². The van der Waals surface area contributed by atoms with Crippen LogP contribution in [0.1, 0.15) is 21.7 Å². The van der Waals surface area contributed by atoms with E-state index in [4.69, 9.17) is 9.15 Å². The van der Waals surface area contributed by atoms with E-state index in [1.54, 1.807) is 24.1 Å². The molecule has 28 heavy (non-hydrogen) atoms. The van der Waals surface area contributed by atoms with E-state index in [1.165, 1.54) is 6.26 Å². The van der Waals surface area contributed by atoms with E-state index in [2.05, 4.69) is 5.32 Å². The molecule has 0 spiro atoms. The zero-order valence-corrected chi connectivity index (χ0v) is 15.5. The van der Waals surface area contributed by atoms with E-state index < -0.39 is 0 Å². The van der Waals surface area contributed by atoms with Crippen LogP contribution in [-0.2, 0) is 17.6 Å². The summed E-state index contributed by atoms with van der Waals surface area (Å²) in [6, 6.07) is 16.4. The van der Waals surface area contributed by atoms with Gasteiger partial charge in [0.1, 0.15) is 5.75 Å². The summed E-state index contributed by atoms with van der Waals surface area (Å²) in [7, 11) is 1.60. The zero-order chi connectivity index (χ0) is 19.5. The molecular formula is C22H20N2O4. The number of fused-ring (bicyclic) bond motifs is 1. The number of hydrogen-bond donors (Lipinski definition) is 1. The van der Waals surface area contributed by atoms with Crippen molar-refractivity contribution in [1.29, 1.82) is 0 Å². The van der Waals surface area contributed by atoms with E-state index in [9.17, 15) is 9.59 Å². The summed E-state index contributed by atoms with van der Waals surface area (Å²) in [6.07, 6.45) is 2.50. The predicted molar refractivity (Wildman–Crippen MR) is 106 cm³/mol. The van der Waals surface area contributed by atoms with Crippen LogP contribution in [0.4, 0.5) is 11.4 Å².